The molecule has 13 rings (SSSR count). The molecule has 1 heterocycles. The number of aromatic nitrogens is 3. The average Bonchev–Trinajstić information content (AvgIpc) is 4.14. The minimum Gasteiger partial charge on any atom is -0.208 e. The molecule has 10 aromatic rings. The highest BCUT2D eigenvalue weighted by Gasteiger charge is 2.44. The zero-order valence-electron chi connectivity index (χ0n) is 44.1. The summed E-state index contributed by atoms with van der Waals surface area (Å²) in [6.45, 7) is 14.1. The van der Waals surface area contributed by atoms with E-state index in [4.69, 9.17) is 15.0 Å². The highest BCUT2D eigenvalue weighted by molar-refractivity contribution is 5.89. The number of fused-ring (bicyclic) bond motifs is 9. The lowest BCUT2D eigenvalue weighted by atomic mass is 9.73. The molecular formula is C72H63N3. The molecule has 0 unspecified atom stereocenters. The van der Waals surface area contributed by atoms with Crippen LogP contribution in [0.1, 0.15) is 113 Å². The Kier molecular flexibility index (Phi) is 11.3. The fraction of sp³-hybridized carbons (Fsp3) is 0.208. The third kappa shape index (κ3) is 7.03. The molecule has 0 bridgehead atoms. The third-order valence-electron chi connectivity index (χ3n) is 18.4. The van der Waals surface area contributed by atoms with Gasteiger partial charge in [0.1, 0.15) is 0 Å². The summed E-state index contributed by atoms with van der Waals surface area (Å²) in [6.07, 6.45) is 5.92. The summed E-state index contributed by atoms with van der Waals surface area (Å²) >= 11 is 0. The van der Waals surface area contributed by atoms with E-state index in [0.717, 1.165) is 55.2 Å². The summed E-state index contributed by atoms with van der Waals surface area (Å²) in [5, 5.41) is 0. The second-order valence-electron chi connectivity index (χ2n) is 21.3. The molecule has 0 amide bonds. The van der Waals surface area contributed by atoms with Crippen LogP contribution in [0.3, 0.4) is 0 Å². The standard InChI is InChI=1S/C72H63N3/c1-7-70(8-2)61-40-49(46-22-16-13-17-23-46)28-34-55(61)58-37-31-52(43-64(58)70)67-73-68(53-32-38-59-56-35-29-50(47-24-18-14-19-25-47)41-62(56)71(9-3,10-4)65(59)44-53)75-69(74-67)54-33-39-60-57-36-30-51(48-26-20-15-21-27-48)42-63(57)72(11-5,12-6)66(60)45-54/h13-45H,7-12H2,1-6H3. The van der Waals surface area contributed by atoms with Gasteiger partial charge in [-0.15, -0.1) is 0 Å². The van der Waals surface area contributed by atoms with Crippen LogP contribution in [-0.2, 0) is 16.2 Å². The van der Waals surface area contributed by atoms with Crippen LogP contribution in [-0.4, -0.2) is 15.0 Å². The maximum Gasteiger partial charge on any atom is 0.164 e. The molecule has 0 spiro atoms. The number of rotatable bonds is 12. The van der Waals surface area contributed by atoms with Crippen molar-refractivity contribution in [2.45, 2.75) is 96.3 Å². The van der Waals surface area contributed by atoms with Gasteiger partial charge >= 0.3 is 0 Å². The molecule has 0 saturated heterocycles. The summed E-state index contributed by atoms with van der Waals surface area (Å²) in [7, 11) is 0. The predicted molar refractivity (Wildman–Crippen MR) is 313 cm³/mol. The summed E-state index contributed by atoms with van der Waals surface area (Å²) < 4.78 is 0. The first kappa shape index (κ1) is 46.8. The Bertz CT molecular complexity index is 3420. The van der Waals surface area contributed by atoms with Crippen molar-refractivity contribution in [1.29, 1.82) is 0 Å². The zero-order valence-corrected chi connectivity index (χ0v) is 44.1. The van der Waals surface area contributed by atoms with Crippen molar-refractivity contribution in [1.82, 2.24) is 15.0 Å². The van der Waals surface area contributed by atoms with Crippen molar-refractivity contribution < 1.29 is 0 Å². The van der Waals surface area contributed by atoms with E-state index in [1.807, 2.05) is 0 Å². The van der Waals surface area contributed by atoms with Crippen LogP contribution in [0.15, 0.2) is 200 Å². The lowest BCUT2D eigenvalue weighted by Crippen LogP contribution is -2.23. The van der Waals surface area contributed by atoms with E-state index in [9.17, 15) is 0 Å². The molecule has 0 radical (unpaired) electrons. The number of nitrogens with zero attached hydrogens (tertiary/aromatic N) is 3. The molecule has 3 nitrogen and oxygen atoms in total. The van der Waals surface area contributed by atoms with Crippen LogP contribution in [0.25, 0.3) is 101 Å². The van der Waals surface area contributed by atoms with Crippen LogP contribution in [0.5, 0.6) is 0 Å². The Morgan fingerprint density at radius 2 is 0.427 bits per heavy atom. The van der Waals surface area contributed by atoms with Gasteiger partial charge in [-0.3, -0.25) is 0 Å². The van der Waals surface area contributed by atoms with Gasteiger partial charge in [0.05, 0.1) is 0 Å². The van der Waals surface area contributed by atoms with Crippen LogP contribution < -0.4 is 0 Å². The van der Waals surface area contributed by atoms with E-state index in [1.54, 1.807) is 0 Å². The second-order valence-corrected chi connectivity index (χ2v) is 21.3. The quantitative estimate of drug-likeness (QED) is 0.122. The Labute approximate surface area is 443 Å². The minimum atomic E-state index is -0.151. The van der Waals surface area contributed by atoms with E-state index in [1.165, 1.54) is 100 Å². The number of benzene rings is 9. The van der Waals surface area contributed by atoms with Gasteiger partial charge in [0.15, 0.2) is 17.5 Å². The molecule has 0 aliphatic heterocycles. The highest BCUT2D eigenvalue weighted by atomic mass is 15.0. The normalized spacial score (nSPS) is 14.6. The first-order valence-corrected chi connectivity index (χ1v) is 27.6. The van der Waals surface area contributed by atoms with Crippen LogP contribution in [0.4, 0.5) is 0 Å². The van der Waals surface area contributed by atoms with Gasteiger partial charge in [0.2, 0.25) is 0 Å². The summed E-state index contributed by atoms with van der Waals surface area (Å²) in [6, 6.07) is 74.7. The van der Waals surface area contributed by atoms with Gasteiger partial charge in [-0.2, -0.15) is 0 Å². The molecule has 3 heteroatoms. The summed E-state index contributed by atoms with van der Waals surface area (Å²) in [5.74, 6) is 2.09. The van der Waals surface area contributed by atoms with Crippen LogP contribution in [0, 0.1) is 0 Å². The zero-order chi connectivity index (χ0) is 51.1. The molecule has 0 atom stereocenters. The summed E-state index contributed by atoms with van der Waals surface area (Å²) in [4.78, 5) is 16.6. The number of hydrogen-bond acceptors (Lipinski definition) is 3. The second kappa shape index (κ2) is 18.1. The van der Waals surface area contributed by atoms with Crippen molar-refractivity contribution in [3.63, 3.8) is 0 Å². The average molecular weight is 970 g/mol. The predicted octanol–water partition coefficient (Wildman–Crippen LogP) is 19.1. The Hall–Kier alpha value is -8.01. The largest absolute Gasteiger partial charge is 0.208 e. The molecular weight excluding hydrogens is 907 g/mol. The molecule has 366 valence electrons. The van der Waals surface area contributed by atoms with Crippen LogP contribution >= 0.6 is 0 Å². The van der Waals surface area contributed by atoms with Crippen molar-refractivity contribution in [2.24, 2.45) is 0 Å². The molecule has 0 saturated carbocycles. The van der Waals surface area contributed by atoms with Gasteiger partial charge < -0.3 is 0 Å². The van der Waals surface area contributed by atoms with Gasteiger partial charge in [0.25, 0.3) is 0 Å². The SMILES string of the molecule is CCC1(CC)c2cc(-c3ccccc3)ccc2-c2ccc(-c3nc(-c4ccc5c(c4)C(CC)(CC)c4cc(-c6ccccc6)ccc4-5)nc(-c4ccc5c(c4)C(CC)(CC)c4cc(-c6ccccc6)ccc4-5)n3)cc21. The Morgan fingerprint density at radius 3 is 0.640 bits per heavy atom. The van der Waals surface area contributed by atoms with Gasteiger partial charge in [-0.25, -0.2) is 15.0 Å². The topological polar surface area (TPSA) is 38.7 Å². The molecule has 0 N–H and O–H groups in total. The van der Waals surface area contributed by atoms with Crippen molar-refractivity contribution in [3.05, 3.63) is 234 Å². The monoisotopic (exact) mass is 970 g/mol. The first-order chi connectivity index (χ1) is 36.8. The molecule has 3 aliphatic carbocycles. The van der Waals surface area contributed by atoms with Crippen molar-refractivity contribution in [2.75, 3.05) is 0 Å². The van der Waals surface area contributed by atoms with Crippen molar-refractivity contribution in [3.8, 4) is 101 Å². The minimum absolute atomic E-state index is 0.151. The van der Waals surface area contributed by atoms with E-state index >= 15 is 0 Å². The lowest BCUT2D eigenvalue weighted by molar-refractivity contribution is 0.490. The van der Waals surface area contributed by atoms with Crippen LogP contribution in [0.2, 0.25) is 0 Å². The number of hydrogen-bond donors (Lipinski definition) is 0. The van der Waals surface area contributed by atoms with Crippen molar-refractivity contribution >= 4 is 0 Å². The lowest BCUT2D eigenvalue weighted by Gasteiger charge is -2.30. The van der Waals surface area contributed by atoms with Gasteiger partial charge in [-0.05, 0) is 175 Å². The van der Waals surface area contributed by atoms with Gasteiger partial charge in [0, 0.05) is 32.9 Å². The molecule has 3 aliphatic rings. The maximum absolute atomic E-state index is 5.54. The smallest absolute Gasteiger partial charge is 0.164 e. The Morgan fingerprint density at radius 1 is 0.227 bits per heavy atom. The molecule has 75 heavy (non-hydrogen) atoms. The molecule has 0 fully saturated rings. The fourth-order valence-electron chi connectivity index (χ4n) is 14.1. The first-order valence-electron chi connectivity index (χ1n) is 27.6. The molecule has 1 aromatic heterocycles. The van der Waals surface area contributed by atoms with E-state index in [-0.39, 0.29) is 16.2 Å². The van der Waals surface area contributed by atoms with E-state index in [2.05, 4.69) is 242 Å². The fourth-order valence-corrected chi connectivity index (χ4v) is 14.1. The third-order valence-corrected chi connectivity index (χ3v) is 18.4. The summed E-state index contributed by atoms with van der Waals surface area (Å²) in [5.41, 5.74) is 26.3. The Balaban J connectivity index is 0.976. The maximum atomic E-state index is 5.54. The molecule has 9 aromatic carbocycles. The highest BCUT2D eigenvalue weighted by Crippen LogP contribution is 2.57. The van der Waals surface area contributed by atoms with Gasteiger partial charge in [-0.1, -0.05) is 205 Å². The van der Waals surface area contributed by atoms with E-state index < -0.39 is 0 Å². The van der Waals surface area contributed by atoms with E-state index in [0.29, 0.717) is 17.5 Å².